The molecule has 0 aromatic rings. The molecule has 6 nitrogen and oxygen atoms in total. The number of ether oxygens (including phenoxy) is 1. The second-order valence-corrected chi connectivity index (χ2v) is 6.11. The van der Waals surface area contributed by atoms with Gasteiger partial charge in [0.2, 0.25) is 5.91 Å². The molecular weight excluding hydrogens is 419 g/mol. The summed E-state index contributed by atoms with van der Waals surface area (Å²) < 4.78 is 5.55. The van der Waals surface area contributed by atoms with E-state index in [0.29, 0.717) is 32.0 Å². The predicted octanol–water partition coefficient (Wildman–Crippen LogP) is 2.53. The zero-order valence-electron chi connectivity index (χ0n) is 16.0. The van der Waals surface area contributed by atoms with Crippen molar-refractivity contribution in [1.29, 1.82) is 0 Å². The van der Waals surface area contributed by atoms with Crippen molar-refractivity contribution in [3.05, 3.63) is 0 Å². The summed E-state index contributed by atoms with van der Waals surface area (Å²) in [7, 11) is 0. The van der Waals surface area contributed by atoms with E-state index in [0.717, 1.165) is 32.0 Å². The number of nitrogens with one attached hydrogen (secondary N) is 3. The normalized spacial score (nSPS) is 12.5. The first-order chi connectivity index (χ1) is 11.0. The quantitative estimate of drug-likeness (QED) is 0.183. The first-order valence-electron chi connectivity index (χ1n) is 8.88. The van der Waals surface area contributed by atoms with Crippen molar-refractivity contribution >= 4 is 35.8 Å². The highest BCUT2D eigenvalue weighted by Crippen LogP contribution is 1.98. The van der Waals surface area contributed by atoms with Gasteiger partial charge in [0, 0.05) is 32.2 Å². The number of rotatable bonds is 12. The lowest BCUT2D eigenvalue weighted by molar-refractivity contribution is -0.121. The number of aliphatic imine (C=N–C) groups is 1. The monoisotopic (exact) mass is 456 g/mol. The Kier molecular flexibility index (Phi) is 18.5. The van der Waals surface area contributed by atoms with Crippen LogP contribution in [0.2, 0.25) is 0 Å². The molecule has 0 saturated carbocycles. The summed E-state index contributed by atoms with van der Waals surface area (Å²) in [5.74, 6) is 1.47. The summed E-state index contributed by atoms with van der Waals surface area (Å²) in [5, 5.41) is 9.29. The number of guanidine groups is 1. The van der Waals surface area contributed by atoms with E-state index in [1.807, 2.05) is 13.8 Å². The molecule has 0 bridgehead atoms. The fourth-order valence-electron chi connectivity index (χ4n) is 1.73. The average molecular weight is 456 g/mol. The first kappa shape index (κ1) is 25.7. The predicted molar refractivity (Wildman–Crippen MR) is 112 cm³/mol. The minimum absolute atomic E-state index is 0. The van der Waals surface area contributed by atoms with Crippen molar-refractivity contribution in [1.82, 2.24) is 16.0 Å². The van der Waals surface area contributed by atoms with Crippen molar-refractivity contribution in [2.75, 3.05) is 32.8 Å². The fourth-order valence-corrected chi connectivity index (χ4v) is 1.73. The van der Waals surface area contributed by atoms with Gasteiger partial charge in [-0.2, -0.15) is 0 Å². The molecule has 0 aromatic carbocycles. The van der Waals surface area contributed by atoms with Gasteiger partial charge in [0.25, 0.3) is 0 Å². The standard InChI is InChI=1S/C17H36N4O2.HI/c1-6-15(5)21-16(22)8-10-19-17(18-7-2)20-11-13-23-12-9-14(3)4;/h14-15H,6-13H2,1-5H3,(H,21,22)(H2,18,19,20);1H. The second kappa shape index (κ2) is 17.3. The van der Waals surface area contributed by atoms with E-state index < -0.39 is 0 Å². The van der Waals surface area contributed by atoms with E-state index >= 15 is 0 Å². The smallest absolute Gasteiger partial charge is 0.221 e. The Morgan fingerprint density at radius 3 is 2.42 bits per heavy atom. The van der Waals surface area contributed by atoms with Crippen LogP contribution in [-0.2, 0) is 9.53 Å². The van der Waals surface area contributed by atoms with Crippen molar-refractivity contribution < 1.29 is 9.53 Å². The Bertz CT molecular complexity index is 339. The van der Waals surface area contributed by atoms with Crippen molar-refractivity contribution in [2.24, 2.45) is 10.9 Å². The first-order valence-corrected chi connectivity index (χ1v) is 8.88. The highest BCUT2D eigenvalue weighted by Gasteiger charge is 2.05. The Hall–Kier alpha value is -0.570. The van der Waals surface area contributed by atoms with E-state index in [4.69, 9.17) is 4.74 Å². The maximum atomic E-state index is 11.7. The van der Waals surface area contributed by atoms with Gasteiger partial charge in [-0.05, 0) is 32.6 Å². The molecule has 144 valence electrons. The molecule has 0 saturated heterocycles. The van der Waals surface area contributed by atoms with E-state index in [1.165, 1.54) is 0 Å². The summed E-state index contributed by atoms with van der Waals surface area (Å²) in [6.45, 7) is 13.8. The zero-order valence-corrected chi connectivity index (χ0v) is 18.3. The summed E-state index contributed by atoms with van der Waals surface area (Å²) in [6, 6.07) is 0.229. The van der Waals surface area contributed by atoms with Crippen LogP contribution in [0.25, 0.3) is 0 Å². The molecule has 1 unspecified atom stereocenters. The van der Waals surface area contributed by atoms with Gasteiger partial charge < -0.3 is 20.7 Å². The Labute approximate surface area is 165 Å². The van der Waals surface area contributed by atoms with E-state index in [1.54, 1.807) is 0 Å². The number of carbonyl (C=O) groups is 1. The van der Waals surface area contributed by atoms with Crippen LogP contribution in [0.5, 0.6) is 0 Å². The topological polar surface area (TPSA) is 74.8 Å². The molecule has 3 N–H and O–H groups in total. The van der Waals surface area contributed by atoms with Crippen LogP contribution in [-0.4, -0.2) is 50.8 Å². The average Bonchev–Trinajstić information content (AvgIpc) is 2.50. The molecule has 0 rings (SSSR count). The summed E-state index contributed by atoms with van der Waals surface area (Å²) in [6.07, 6.45) is 2.47. The van der Waals surface area contributed by atoms with Crippen molar-refractivity contribution in [3.8, 4) is 0 Å². The molecular formula is C17H37IN4O2. The van der Waals surface area contributed by atoms with Crippen LogP contribution in [0.15, 0.2) is 4.99 Å². The van der Waals surface area contributed by atoms with Gasteiger partial charge in [0.1, 0.15) is 0 Å². The fraction of sp³-hybridized carbons (Fsp3) is 0.882. The lowest BCUT2D eigenvalue weighted by Crippen LogP contribution is -2.40. The molecule has 1 amide bonds. The van der Waals surface area contributed by atoms with Crippen LogP contribution in [0.4, 0.5) is 0 Å². The lowest BCUT2D eigenvalue weighted by atomic mass is 10.1. The number of carbonyl (C=O) groups excluding carboxylic acids is 1. The Morgan fingerprint density at radius 2 is 1.83 bits per heavy atom. The highest BCUT2D eigenvalue weighted by molar-refractivity contribution is 14.0. The minimum Gasteiger partial charge on any atom is -0.380 e. The Balaban J connectivity index is 0. The van der Waals surface area contributed by atoms with Gasteiger partial charge in [0.15, 0.2) is 5.96 Å². The maximum absolute atomic E-state index is 11.7. The van der Waals surface area contributed by atoms with Gasteiger partial charge in [0.05, 0.1) is 13.2 Å². The number of amides is 1. The molecule has 24 heavy (non-hydrogen) atoms. The maximum Gasteiger partial charge on any atom is 0.221 e. The summed E-state index contributed by atoms with van der Waals surface area (Å²) >= 11 is 0. The molecule has 0 aliphatic carbocycles. The zero-order chi connectivity index (χ0) is 17.5. The van der Waals surface area contributed by atoms with Crippen LogP contribution < -0.4 is 16.0 Å². The van der Waals surface area contributed by atoms with Crippen molar-refractivity contribution in [3.63, 3.8) is 0 Å². The van der Waals surface area contributed by atoms with Gasteiger partial charge in [-0.15, -0.1) is 24.0 Å². The van der Waals surface area contributed by atoms with Gasteiger partial charge in [-0.25, -0.2) is 0 Å². The number of halogens is 1. The van der Waals surface area contributed by atoms with Gasteiger partial charge in [-0.3, -0.25) is 9.79 Å². The largest absolute Gasteiger partial charge is 0.380 e. The van der Waals surface area contributed by atoms with Crippen LogP contribution >= 0.6 is 24.0 Å². The van der Waals surface area contributed by atoms with Gasteiger partial charge >= 0.3 is 0 Å². The van der Waals surface area contributed by atoms with Crippen LogP contribution in [0.3, 0.4) is 0 Å². The van der Waals surface area contributed by atoms with Gasteiger partial charge in [-0.1, -0.05) is 20.8 Å². The van der Waals surface area contributed by atoms with E-state index in [2.05, 4.69) is 41.7 Å². The highest BCUT2D eigenvalue weighted by atomic mass is 127. The lowest BCUT2D eigenvalue weighted by Gasteiger charge is -2.13. The molecule has 0 fully saturated rings. The molecule has 0 spiro atoms. The number of hydrogen-bond acceptors (Lipinski definition) is 3. The molecule has 0 heterocycles. The molecule has 0 aromatic heterocycles. The third-order valence-electron chi connectivity index (χ3n) is 3.35. The summed E-state index contributed by atoms with van der Waals surface area (Å²) in [5.41, 5.74) is 0. The molecule has 0 aliphatic rings. The molecule has 0 aliphatic heterocycles. The molecule has 7 heteroatoms. The van der Waals surface area contributed by atoms with Crippen LogP contribution in [0.1, 0.15) is 53.9 Å². The third-order valence-corrected chi connectivity index (χ3v) is 3.35. The van der Waals surface area contributed by atoms with E-state index in [-0.39, 0.29) is 35.9 Å². The molecule has 0 radical (unpaired) electrons. The van der Waals surface area contributed by atoms with Crippen molar-refractivity contribution in [2.45, 2.75) is 59.9 Å². The Morgan fingerprint density at radius 1 is 1.12 bits per heavy atom. The minimum atomic E-state index is 0. The third kappa shape index (κ3) is 16.3. The van der Waals surface area contributed by atoms with E-state index in [9.17, 15) is 4.79 Å². The summed E-state index contributed by atoms with van der Waals surface area (Å²) in [4.78, 5) is 16.1. The second-order valence-electron chi connectivity index (χ2n) is 6.11. The number of nitrogens with zero attached hydrogens (tertiary/aromatic N) is 1. The molecule has 1 atom stereocenters. The SMILES string of the molecule is CCNC(=NCCOCCC(C)C)NCCC(=O)NC(C)CC.I. The van der Waals surface area contributed by atoms with Crippen LogP contribution in [0, 0.1) is 5.92 Å². The number of hydrogen-bond donors (Lipinski definition) is 3.